The highest BCUT2D eigenvalue weighted by molar-refractivity contribution is 5.79. The van der Waals surface area contributed by atoms with E-state index >= 15 is 0 Å². The fourth-order valence-electron chi connectivity index (χ4n) is 4.94. The van der Waals surface area contributed by atoms with Crippen LogP contribution in [0.4, 0.5) is 0 Å². The number of piperazine rings is 1. The van der Waals surface area contributed by atoms with Crippen molar-refractivity contribution >= 4 is 5.91 Å². The van der Waals surface area contributed by atoms with Crippen molar-refractivity contribution in [3.8, 4) is 0 Å². The Bertz CT molecular complexity index is 641. The molecule has 0 atom stereocenters. The van der Waals surface area contributed by atoms with Crippen molar-refractivity contribution in [3.05, 3.63) is 35.4 Å². The van der Waals surface area contributed by atoms with Gasteiger partial charge in [-0.1, -0.05) is 24.3 Å². The number of piperidine rings is 1. The molecule has 0 saturated carbocycles. The van der Waals surface area contributed by atoms with Crippen molar-refractivity contribution in [1.29, 1.82) is 0 Å². The maximum Gasteiger partial charge on any atom is 0.225 e. The van der Waals surface area contributed by atoms with Gasteiger partial charge >= 0.3 is 0 Å². The number of carbonyl (C=O) groups excluding carboxylic acids is 1. The first-order valence-corrected chi connectivity index (χ1v) is 11.5. The van der Waals surface area contributed by atoms with Crippen LogP contribution in [0.3, 0.4) is 0 Å². The van der Waals surface area contributed by atoms with E-state index in [9.17, 15) is 4.79 Å². The highest BCUT2D eigenvalue weighted by atomic mass is 16.5. The molecule has 0 unspecified atom stereocenters. The van der Waals surface area contributed by atoms with E-state index in [-0.39, 0.29) is 5.92 Å². The summed E-state index contributed by atoms with van der Waals surface area (Å²) >= 11 is 0. The van der Waals surface area contributed by atoms with Crippen LogP contribution in [0.2, 0.25) is 0 Å². The largest absolute Gasteiger partial charge is 0.381 e. The van der Waals surface area contributed by atoms with E-state index in [1.54, 1.807) is 0 Å². The number of nitrogens with zero attached hydrogens (tertiary/aromatic N) is 3. The summed E-state index contributed by atoms with van der Waals surface area (Å²) in [5.74, 6) is 1.28. The Balaban J connectivity index is 1.20. The summed E-state index contributed by atoms with van der Waals surface area (Å²) in [5, 5.41) is 0. The quantitative estimate of drug-likeness (QED) is 0.763. The minimum absolute atomic E-state index is 0.202. The molecule has 160 valence electrons. The van der Waals surface area contributed by atoms with E-state index < -0.39 is 0 Å². The van der Waals surface area contributed by atoms with Gasteiger partial charge in [-0.3, -0.25) is 9.69 Å². The molecule has 29 heavy (non-hydrogen) atoms. The normalized spacial score (nSPS) is 23.4. The second kappa shape index (κ2) is 10.1. The second-order valence-corrected chi connectivity index (χ2v) is 9.26. The molecule has 5 heteroatoms. The van der Waals surface area contributed by atoms with Crippen LogP contribution in [-0.2, 0) is 22.5 Å². The van der Waals surface area contributed by atoms with Gasteiger partial charge in [-0.05, 0) is 56.2 Å². The van der Waals surface area contributed by atoms with Crippen LogP contribution in [0, 0.1) is 11.8 Å². The molecule has 0 aliphatic carbocycles. The van der Waals surface area contributed by atoms with Crippen molar-refractivity contribution in [3.63, 3.8) is 0 Å². The Morgan fingerprint density at radius 1 is 0.897 bits per heavy atom. The smallest absolute Gasteiger partial charge is 0.225 e. The third kappa shape index (κ3) is 5.80. The highest BCUT2D eigenvalue weighted by Crippen LogP contribution is 2.25. The number of likely N-dealkylation sites (N-methyl/N-ethyl adjacent to an activating group) is 1. The number of rotatable bonds is 5. The van der Waals surface area contributed by atoms with Crippen LogP contribution in [0.25, 0.3) is 0 Å². The molecule has 5 nitrogen and oxygen atoms in total. The molecule has 4 rings (SSSR count). The SMILES string of the molecule is CN1CCN(Cc2ccc(CC3CCN(C(=O)C4CCOCC4)CC3)cc2)CC1. The van der Waals surface area contributed by atoms with Gasteiger partial charge in [0.25, 0.3) is 0 Å². The topological polar surface area (TPSA) is 36.0 Å². The summed E-state index contributed by atoms with van der Waals surface area (Å²) in [6, 6.07) is 9.28. The summed E-state index contributed by atoms with van der Waals surface area (Å²) in [6.45, 7) is 9.12. The van der Waals surface area contributed by atoms with Crippen LogP contribution in [-0.4, -0.2) is 80.1 Å². The van der Waals surface area contributed by atoms with Crippen molar-refractivity contribution in [2.45, 2.75) is 38.6 Å². The molecule has 1 amide bonds. The Morgan fingerprint density at radius 2 is 1.52 bits per heavy atom. The number of hydrogen-bond donors (Lipinski definition) is 0. The zero-order chi connectivity index (χ0) is 20.1. The molecule has 1 aromatic carbocycles. The molecule has 0 radical (unpaired) electrons. The van der Waals surface area contributed by atoms with Crippen molar-refractivity contribution < 1.29 is 9.53 Å². The Labute approximate surface area is 176 Å². The Morgan fingerprint density at radius 3 is 2.17 bits per heavy atom. The molecule has 1 aromatic rings. The minimum Gasteiger partial charge on any atom is -0.381 e. The van der Waals surface area contributed by atoms with Crippen LogP contribution in [0.5, 0.6) is 0 Å². The zero-order valence-corrected chi connectivity index (χ0v) is 18.0. The lowest BCUT2D eigenvalue weighted by Crippen LogP contribution is -2.43. The van der Waals surface area contributed by atoms with Crippen LogP contribution >= 0.6 is 0 Å². The zero-order valence-electron chi connectivity index (χ0n) is 18.0. The van der Waals surface area contributed by atoms with E-state index in [1.165, 1.54) is 37.3 Å². The minimum atomic E-state index is 0.202. The number of ether oxygens (including phenoxy) is 1. The molecule has 0 aromatic heterocycles. The van der Waals surface area contributed by atoms with Crippen LogP contribution < -0.4 is 0 Å². The highest BCUT2D eigenvalue weighted by Gasteiger charge is 2.29. The van der Waals surface area contributed by atoms with E-state index in [4.69, 9.17) is 4.74 Å². The predicted molar refractivity (Wildman–Crippen MR) is 116 cm³/mol. The van der Waals surface area contributed by atoms with Gasteiger partial charge in [0.05, 0.1) is 0 Å². The Kier molecular flexibility index (Phi) is 7.22. The monoisotopic (exact) mass is 399 g/mol. The summed E-state index contributed by atoms with van der Waals surface area (Å²) in [6.07, 6.45) is 5.22. The van der Waals surface area contributed by atoms with Gasteiger partial charge in [-0.2, -0.15) is 0 Å². The lowest BCUT2D eigenvalue weighted by molar-refractivity contribution is -0.139. The van der Waals surface area contributed by atoms with Crippen molar-refractivity contribution in [2.75, 3.05) is 59.5 Å². The van der Waals surface area contributed by atoms with Crippen molar-refractivity contribution in [1.82, 2.24) is 14.7 Å². The number of amides is 1. The predicted octanol–water partition coefficient (Wildman–Crippen LogP) is 2.64. The molecular formula is C24H37N3O2. The lowest BCUT2D eigenvalue weighted by atomic mass is 9.89. The van der Waals surface area contributed by atoms with Gasteiger partial charge in [0, 0.05) is 64.9 Å². The van der Waals surface area contributed by atoms with E-state index in [0.29, 0.717) is 11.8 Å². The van der Waals surface area contributed by atoms with E-state index in [1.807, 2.05) is 0 Å². The van der Waals surface area contributed by atoms with Gasteiger partial charge in [0.2, 0.25) is 5.91 Å². The molecule has 0 spiro atoms. The van der Waals surface area contributed by atoms with Gasteiger partial charge in [-0.15, -0.1) is 0 Å². The van der Waals surface area contributed by atoms with Gasteiger partial charge in [0.1, 0.15) is 0 Å². The number of carbonyl (C=O) groups is 1. The summed E-state index contributed by atoms with van der Waals surface area (Å²) < 4.78 is 5.40. The van der Waals surface area contributed by atoms with E-state index in [2.05, 4.69) is 46.0 Å². The molecule has 0 N–H and O–H groups in total. The lowest BCUT2D eigenvalue weighted by Gasteiger charge is -2.35. The molecular weight excluding hydrogens is 362 g/mol. The maximum atomic E-state index is 12.7. The second-order valence-electron chi connectivity index (χ2n) is 9.26. The fourth-order valence-corrected chi connectivity index (χ4v) is 4.94. The summed E-state index contributed by atoms with van der Waals surface area (Å²) in [4.78, 5) is 19.8. The fraction of sp³-hybridized carbons (Fsp3) is 0.708. The molecule has 3 saturated heterocycles. The first kappa shape index (κ1) is 20.8. The molecule has 3 heterocycles. The maximum absolute atomic E-state index is 12.7. The average Bonchev–Trinajstić information content (AvgIpc) is 2.77. The number of hydrogen-bond acceptors (Lipinski definition) is 4. The van der Waals surface area contributed by atoms with Crippen LogP contribution in [0.1, 0.15) is 36.8 Å². The third-order valence-electron chi connectivity index (χ3n) is 7.05. The van der Waals surface area contributed by atoms with E-state index in [0.717, 1.165) is 65.0 Å². The molecule has 3 aliphatic rings. The van der Waals surface area contributed by atoms with Gasteiger partial charge in [0.15, 0.2) is 0 Å². The first-order chi connectivity index (χ1) is 14.2. The Hall–Kier alpha value is -1.43. The summed E-state index contributed by atoms with van der Waals surface area (Å²) in [5.41, 5.74) is 2.87. The van der Waals surface area contributed by atoms with Crippen molar-refractivity contribution in [2.24, 2.45) is 11.8 Å². The van der Waals surface area contributed by atoms with Gasteiger partial charge < -0.3 is 14.5 Å². The number of likely N-dealkylation sites (tertiary alicyclic amines) is 1. The molecule has 3 aliphatic heterocycles. The third-order valence-corrected chi connectivity index (χ3v) is 7.05. The van der Waals surface area contributed by atoms with Crippen LogP contribution in [0.15, 0.2) is 24.3 Å². The summed E-state index contributed by atoms with van der Waals surface area (Å²) in [7, 11) is 2.21. The average molecular weight is 400 g/mol. The first-order valence-electron chi connectivity index (χ1n) is 11.5. The standard InChI is InChI=1S/C24H37N3O2/c1-25-12-14-26(15-13-25)19-22-4-2-20(3-5-22)18-21-6-10-27(11-7-21)24(28)23-8-16-29-17-9-23/h2-5,21,23H,6-19H2,1H3. The number of benzene rings is 1. The molecule has 0 bridgehead atoms. The van der Waals surface area contributed by atoms with Gasteiger partial charge in [-0.25, -0.2) is 0 Å². The molecule has 3 fully saturated rings.